The molecular weight excluding hydrogens is 248 g/mol. The minimum absolute atomic E-state index is 0.330. The molecule has 0 aliphatic carbocycles. The number of likely N-dealkylation sites (tertiary alicyclic amines) is 1. The number of ether oxygens (including phenoxy) is 3. The standard InChI is InChI=1S/C13H26N2O4/c1-12-11-15(4-3-13(12)14-16)5-6-18-9-10-19-8-7-17-2/h12,16H,3-11H2,1-2H3. The van der Waals surface area contributed by atoms with Crippen LogP contribution in [0.5, 0.6) is 0 Å². The molecule has 0 aromatic rings. The van der Waals surface area contributed by atoms with Crippen molar-refractivity contribution in [3.05, 3.63) is 0 Å². The van der Waals surface area contributed by atoms with Crippen LogP contribution in [-0.4, -0.2) is 75.6 Å². The van der Waals surface area contributed by atoms with Crippen LogP contribution >= 0.6 is 0 Å². The highest BCUT2D eigenvalue weighted by Gasteiger charge is 2.21. The van der Waals surface area contributed by atoms with Gasteiger partial charge in [0.05, 0.1) is 38.7 Å². The van der Waals surface area contributed by atoms with E-state index in [0.29, 0.717) is 39.0 Å². The number of nitrogens with zero attached hydrogens (tertiary/aromatic N) is 2. The van der Waals surface area contributed by atoms with Crippen molar-refractivity contribution in [2.45, 2.75) is 13.3 Å². The van der Waals surface area contributed by atoms with Gasteiger partial charge in [-0.05, 0) is 0 Å². The van der Waals surface area contributed by atoms with Crippen LogP contribution in [-0.2, 0) is 14.2 Å². The van der Waals surface area contributed by atoms with Gasteiger partial charge in [0.2, 0.25) is 0 Å². The van der Waals surface area contributed by atoms with E-state index in [2.05, 4.69) is 17.0 Å². The Balaban J connectivity index is 1.96. The summed E-state index contributed by atoms with van der Waals surface area (Å²) in [6, 6.07) is 0. The van der Waals surface area contributed by atoms with Gasteiger partial charge in [0.15, 0.2) is 0 Å². The Morgan fingerprint density at radius 3 is 2.53 bits per heavy atom. The van der Waals surface area contributed by atoms with E-state index in [4.69, 9.17) is 19.4 Å². The Labute approximate surface area is 115 Å². The quantitative estimate of drug-likeness (QED) is 0.383. The van der Waals surface area contributed by atoms with Crippen molar-refractivity contribution in [3.63, 3.8) is 0 Å². The van der Waals surface area contributed by atoms with Crippen LogP contribution in [0.3, 0.4) is 0 Å². The average molecular weight is 274 g/mol. The van der Waals surface area contributed by atoms with Crippen molar-refractivity contribution >= 4 is 5.71 Å². The fraction of sp³-hybridized carbons (Fsp3) is 0.923. The summed E-state index contributed by atoms with van der Waals surface area (Å²) in [5.74, 6) is 0.330. The normalized spacial score (nSPS) is 23.1. The summed E-state index contributed by atoms with van der Waals surface area (Å²) in [6.07, 6.45) is 0.845. The third-order valence-electron chi connectivity index (χ3n) is 3.27. The highest BCUT2D eigenvalue weighted by atomic mass is 16.5. The summed E-state index contributed by atoms with van der Waals surface area (Å²) in [5, 5.41) is 12.1. The number of hydrogen-bond acceptors (Lipinski definition) is 6. The lowest BCUT2D eigenvalue weighted by Crippen LogP contribution is -2.41. The van der Waals surface area contributed by atoms with Crippen LogP contribution in [0.4, 0.5) is 0 Å². The monoisotopic (exact) mass is 274 g/mol. The lowest BCUT2D eigenvalue weighted by Gasteiger charge is -2.31. The summed E-state index contributed by atoms with van der Waals surface area (Å²) in [4.78, 5) is 2.34. The Morgan fingerprint density at radius 2 is 1.89 bits per heavy atom. The van der Waals surface area contributed by atoms with E-state index in [1.165, 1.54) is 0 Å². The third kappa shape index (κ3) is 6.87. The molecule has 1 heterocycles. The number of oxime groups is 1. The van der Waals surface area contributed by atoms with Crippen LogP contribution in [0.15, 0.2) is 5.16 Å². The molecule has 1 atom stereocenters. The van der Waals surface area contributed by atoms with Crippen molar-refractivity contribution in [3.8, 4) is 0 Å². The van der Waals surface area contributed by atoms with Gasteiger partial charge in [-0.15, -0.1) is 0 Å². The van der Waals surface area contributed by atoms with Crippen LogP contribution in [0.2, 0.25) is 0 Å². The molecule has 0 amide bonds. The van der Waals surface area contributed by atoms with E-state index >= 15 is 0 Å². The Hall–Kier alpha value is -0.690. The third-order valence-corrected chi connectivity index (χ3v) is 3.27. The van der Waals surface area contributed by atoms with Crippen LogP contribution in [0, 0.1) is 5.92 Å². The molecule has 6 nitrogen and oxygen atoms in total. The summed E-state index contributed by atoms with van der Waals surface area (Å²) in [5.41, 5.74) is 0.906. The molecular formula is C13H26N2O4. The van der Waals surface area contributed by atoms with Gasteiger partial charge in [-0.25, -0.2) is 0 Å². The number of rotatable bonds is 9. The first-order valence-corrected chi connectivity index (χ1v) is 6.85. The lowest BCUT2D eigenvalue weighted by atomic mass is 9.98. The Morgan fingerprint density at radius 1 is 1.21 bits per heavy atom. The van der Waals surface area contributed by atoms with E-state index < -0.39 is 0 Å². The highest BCUT2D eigenvalue weighted by molar-refractivity contribution is 5.86. The van der Waals surface area contributed by atoms with E-state index in [-0.39, 0.29) is 0 Å². The van der Waals surface area contributed by atoms with Crippen LogP contribution < -0.4 is 0 Å². The summed E-state index contributed by atoms with van der Waals surface area (Å²) < 4.78 is 15.7. The van der Waals surface area contributed by atoms with Crippen molar-refractivity contribution in [1.82, 2.24) is 4.90 Å². The molecule has 19 heavy (non-hydrogen) atoms. The molecule has 1 saturated heterocycles. The number of methoxy groups -OCH3 is 1. The molecule has 0 aromatic carbocycles. The molecule has 0 saturated carbocycles. The van der Waals surface area contributed by atoms with Gasteiger partial charge in [-0.2, -0.15) is 0 Å². The van der Waals surface area contributed by atoms with Gasteiger partial charge in [-0.1, -0.05) is 12.1 Å². The van der Waals surface area contributed by atoms with Crippen molar-refractivity contribution in [1.29, 1.82) is 0 Å². The van der Waals surface area contributed by atoms with Gasteiger partial charge < -0.3 is 24.3 Å². The fourth-order valence-corrected chi connectivity index (χ4v) is 2.11. The maximum Gasteiger partial charge on any atom is 0.0701 e. The second-order valence-corrected chi connectivity index (χ2v) is 4.76. The second kappa shape index (κ2) is 10.1. The smallest absolute Gasteiger partial charge is 0.0701 e. The second-order valence-electron chi connectivity index (χ2n) is 4.76. The Bertz CT molecular complexity index is 261. The van der Waals surface area contributed by atoms with E-state index in [0.717, 1.165) is 31.8 Å². The molecule has 1 aliphatic heterocycles. The average Bonchev–Trinajstić information content (AvgIpc) is 2.42. The first-order chi connectivity index (χ1) is 9.27. The SMILES string of the molecule is COCCOCCOCCN1CCC(=NO)C(C)C1. The van der Waals surface area contributed by atoms with Crippen molar-refractivity contribution in [2.75, 3.05) is 59.8 Å². The number of hydrogen-bond donors (Lipinski definition) is 1. The molecule has 1 fully saturated rings. The van der Waals surface area contributed by atoms with Crippen molar-refractivity contribution in [2.24, 2.45) is 11.1 Å². The maximum atomic E-state index is 8.80. The van der Waals surface area contributed by atoms with Gasteiger partial charge in [0.25, 0.3) is 0 Å². The van der Waals surface area contributed by atoms with E-state index in [9.17, 15) is 0 Å². The zero-order valence-electron chi connectivity index (χ0n) is 12.0. The molecule has 6 heteroatoms. The fourth-order valence-electron chi connectivity index (χ4n) is 2.11. The highest BCUT2D eigenvalue weighted by Crippen LogP contribution is 2.13. The molecule has 0 bridgehead atoms. The molecule has 0 aromatic heterocycles. The predicted molar refractivity (Wildman–Crippen MR) is 73.0 cm³/mol. The largest absolute Gasteiger partial charge is 0.411 e. The van der Waals surface area contributed by atoms with E-state index in [1.54, 1.807) is 7.11 Å². The zero-order valence-corrected chi connectivity index (χ0v) is 12.0. The van der Waals surface area contributed by atoms with E-state index in [1.807, 2.05) is 0 Å². The van der Waals surface area contributed by atoms with Crippen molar-refractivity contribution < 1.29 is 19.4 Å². The molecule has 1 N–H and O–H groups in total. The molecule has 1 rings (SSSR count). The summed E-state index contributed by atoms with van der Waals surface area (Å²) in [7, 11) is 1.66. The summed E-state index contributed by atoms with van der Waals surface area (Å²) >= 11 is 0. The lowest BCUT2D eigenvalue weighted by molar-refractivity contribution is 0.0188. The molecule has 112 valence electrons. The Kier molecular flexibility index (Phi) is 8.73. The maximum absolute atomic E-state index is 8.80. The minimum atomic E-state index is 0.330. The first-order valence-electron chi connectivity index (χ1n) is 6.85. The molecule has 1 unspecified atom stereocenters. The van der Waals surface area contributed by atoms with Gasteiger partial charge in [0.1, 0.15) is 0 Å². The zero-order chi connectivity index (χ0) is 13.9. The van der Waals surface area contributed by atoms with Gasteiger partial charge in [0, 0.05) is 39.1 Å². The van der Waals surface area contributed by atoms with Crippen LogP contribution in [0.25, 0.3) is 0 Å². The minimum Gasteiger partial charge on any atom is -0.411 e. The topological polar surface area (TPSA) is 63.5 Å². The van der Waals surface area contributed by atoms with Gasteiger partial charge >= 0.3 is 0 Å². The first kappa shape index (κ1) is 16.4. The van der Waals surface area contributed by atoms with Gasteiger partial charge in [-0.3, -0.25) is 0 Å². The van der Waals surface area contributed by atoms with Crippen LogP contribution in [0.1, 0.15) is 13.3 Å². The summed E-state index contributed by atoms with van der Waals surface area (Å²) in [6.45, 7) is 8.08. The molecule has 0 radical (unpaired) electrons. The molecule has 0 spiro atoms. The molecule has 1 aliphatic rings. The predicted octanol–water partition coefficient (Wildman–Crippen LogP) is 0.838. The number of piperidine rings is 1.